The van der Waals surface area contributed by atoms with Crippen molar-refractivity contribution in [3.63, 3.8) is 0 Å². The molecule has 0 saturated carbocycles. The molecule has 3 heterocycles. The van der Waals surface area contributed by atoms with Crippen molar-refractivity contribution >= 4 is 16.6 Å². The highest BCUT2D eigenvalue weighted by Gasteiger charge is 2.15. The molecule has 7 nitrogen and oxygen atoms in total. The average Bonchev–Trinajstić information content (AvgIpc) is 3.37. The molecule has 2 aliphatic heterocycles. The number of benzene rings is 2. The fourth-order valence-corrected chi connectivity index (χ4v) is 4.52. The highest BCUT2D eigenvalue weighted by molar-refractivity contribution is 5.93. The molecule has 2 saturated heterocycles. The van der Waals surface area contributed by atoms with Crippen molar-refractivity contribution in [2.24, 2.45) is 5.92 Å². The molecule has 6 N–H and O–H groups in total. The van der Waals surface area contributed by atoms with Crippen LogP contribution in [0.15, 0.2) is 54.6 Å². The van der Waals surface area contributed by atoms with Gasteiger partial charge < -0.3 is 10.6 Å². The molecular formula is C24H31N7. The maximum Gasteiger partial charge on any atom is 0.111 e. The molecule has 0 amide bonds. The van der Waals surface area contributed by atoms with Gasteiger partial charge in [-0.2, -0.15) is 11.1 Å². The third-order valence-corrected chi connectivity index (χ3v) is 6.26. The summed E-state index contributed by atoms with van der Waals surface area (Å²) >= 11 is 0. The Bertz CT molecular complexity index is 992. The van der Waals surface area contributed by atoms with Crippen molar-refractivity contribution in [1.82, 2.24) is 32.2 Å². The van der Waals surface area contributed by atoms with Crippen LogP contribution in [0.25, 0.3) is 22.2 Å². The van der Waals surface area contributed by atoms with Gasteiger partial charge in [-0.3, -0.25) is 0 Å². The van der Waals surface area contributed by atoms with E-state index in [1.54, 1.807) is 0 Å². The molecule has 0 radical (unpaired) electrons. The van der Waals surface area contributed by atoms with Crippen LogP contribution in [-0.4, -0.2) is 24.6 Å². The number of nitrogens with zero attached hydrogens (tertiary/aromatic N) is 1. The number of aromatic nitrogens is 1. The number of hydrogen-bond donors (Lipinski definition) is 6. The lowest BCUT2D eigenvalue weighted by Crippen LogP contribution is -2.33. The second-order valence-corrected chi connectivity index (χ2v) is 8.45. The highest BCUT2D eigenvalue weighted by Crippen LogP contribution is 2.29. The third-order valence-electron chi connectivity index (χ3n) is 6.26. The summed E-state index contributed by atoms with van der Waals surface area (Å²) < 4.78 is 0. The lowest BCUT2D eigenvalue weighted by Gasteiger charge is -2.22. The highest BCUT2D eigenvalue weighted by atomic mass is 15.8. The smallest absolute Gasteiger partial charge is 0.111 e. The van der Waals surface area contributed by atoms with Crippen molar-refractivity contribution in [1.29, 1.82) is 0 Å². The number of pyridine rings is 1. The Kier molecular flexibility index (Phi) is 6.38. The van der Waals surface area contributed by atoms with E-state index in [0.717, 1.165) is 34.8 Å². The number of hydrazine groups is 3. The molecule has 2 aromatic carbocycles. The number of para-hydroxylation sites is 1. The topological polar surface area (TPSA) is 85.1 Å². The van der Waals surface area contributed by atoms with Crippen LogP contribution in [0.4, 0.5) is 5.69 Å². The zero-order valence-electron chi connectivity index (χ0n) is 17.7. The van der Waals surface area contributed by atoms with Gasteiger partial charge in [0, 0.05) is 23.2 Å². The van der Waals surface area contributed by atoms with Crippen LogP contribution in [0.2, 0.25) is 0 Å². The van der Waals surface area contributed by atoms with E-state index < -0.39 is 0 Å². The Morgan fingerprint density at radius 2 is 1.84 bits per heavy atom. The molecule has 2 fully saturated rings. The standard InChI is InChI=1S/C24H31N7/c1-2-8-21-20(7-1)23(26-14-4-6-17-5-3-13-25-16-17)15-22(27-21)18-9-11-19(12-10-18)24-28-30-31-29-24/h1-2,7-12,15,17,24-25,28-31H,3-6,13-14,16H2,(H,26,27). The minimum absolute atomic E-state index is 0.0372. The molecule has 3 aromatic rings. The van der Waals surface area contributed by atoms with Crippen LogP contribution < -0.4 is 32.6 Å². The maximum absolute atomic E-state index is 4.93. The molecule has 5 rings (SSSR count). The molecule has 1 atom stereocenters. The van der Waals surface area contributed by atoms with Crippen molar-refractivity contribution < 1.29 is 0 Å². The van der Waals surface area contributed by atoms with E-state index in [1.165, 1.54) is 49.8 Å². The van der Waals surface area contributed by atoms with Gasteiger partial charge in [0.2, 0.25) is 0 Å². The van der Waals surface area contributed by atoms with E-state index in [0.29, 0.717) is 0 Å². The van der Waals surface area contributed by atoms with Gasteiger partial charge in [0.25, 0.3) is 0 Å². The van der Waals surface area contributed by atoms with Gasteiger partial charge in [-0.25, -0.2) is 15.8 Å². The largest absolute Gasteiger partial charge is 0.384 e. The number of hydrogen-bond acceptors (Lipinski definition) is 7. The van der Waals surface area contributed by atoms with Crippen molar-refractivity contribution in [2.75, 3.05) is 25.0 Å². The third kappa shape index (κ3) is 4.87. The van der Waals surface area contributed by atoms with Crippen molar-refractivity contribution in [2.45, 2.75) is 31.8 Å². The Labute approximate surface area is 183 Å². The van der Waals surface area contributed by atoms with Gasteiger partial charge in [-0.05, 0) is 62.4 Å². The second kappa shape index (κ2) is 9.72. The molecule has 2 aliphatic rings. The lowest BCUT2D eigenvalue weighted by molar-refractivity contribution is 0.353. The summed E-state index contributed by atoms with van der Waals surface area (Å²) in [5.74, 6) is 0.827. The van der Waals surface area contributed by atoms with Crippen LogP contribution in [0, 0.1) is 5.92 Å². The Morgan fingerprint density at radius 3 is 2.65 bits per heavy atom. The number of piperidine rings is 1. The fourth-order valence-electron chi connectivity index (χ4n) is 4.52. The number of fused-ring (bicyclic) bond motifs is 1. The van der Waals surface area contributed by atoms with Gasteiger partial charge in [-0.1, -0.05) is 42.5 Å². The fraction of sp³-hybridized carbons (Fsp3) is 0.375. The van der Waals surface area contributed by atoms with E-state index in [4.69, 9.17) is 4.98 Å². The van der Waals surface area contributed by atoms with Crippen molar-refractivity contribution in [3.8, 4) is 11.3 Å². The monoisotopic (exact) mass is 417 g/mol. The minimum Gasteiger partial charge on any atom is -0.384 e. The summed E-state index contributed by atoms with van der Waals surface area (Å²) in [6.07, 6.45) is 5.19. The molecule has 0 bridgehead atoms. The predicted octanol–water partition coefficient (Wildman–Crippen LogP) is 3.21. The molecule has 0 aliphatic carbocycles. The quantitative estimate of drug-likeness (QED) is 0.329. The number of rotatable bonds is 7. The second-order valence-electron chi connectivity index (χ2n) is 8.45. The van der Waals surface area contributed by atoms with Crippen LogP contribution in [0.3, 0.4) is 0 Å². The van der Waals surface area contributed by atoms with Gasteiger partial charge in [0.1, 0.15) is 6.17 Å². The van der Waals surface area contributed by atoms with Gasteiger partial charge >= 0.3 is 0 Å². The minimum atomic E-state index is 0.0372. The van der Waals surface area contributed by atoms with Crippen molar-refractivity contribution in [3.05, 3.63) is 60.2 Å². The summed E-state index contributed by atoms with van der Waals surface area (Å²) in [5, 5.41) is 8.40. The average molecular weight is 418 g/mol. The zero-order valence-corrected chi connectivity index (χ0v) is 17.7. The normalized spacial score (nSPS) is 19.7. The maximum atomic E-state index is 4.93. The zero-order chi connectivity index (χ0) is 20.9. The predicted molar refractivity (Wildman–Crippen MR) is 126 cm³/mol. The van der Waals surface area contributed by atoms with E-state index >= 15 is 0 Å². The van der Waals surface area contributed by atoms with Crippen LogP contribution in [0.5, 0.6) is 0 Å². The van der Waals surface area contributed by atoms with E-state index in [1.807, 2.05) is 0 Å². The van der Waals surface area contributed by atoms with Gasteiger partial charge in [0.15, 0.2) is 0 Å². The first-order valence-corrected chi connectivity index (χ1v) is 11.3. The molecule has 162 valence electrons. The van der Waals surface area contributed by atoms with Crippen LogP contribution in [-0.2, 0) is 0 Å². The van der Waals surface area contributed by atoms with Crippen LogP contribution >= 0.6 is 0 Å². The Morgan fingerprint density at radius 1 is 1.00 bits per heavy atom. The summed E-state index contributed by atoms with van der Waals surface area (Å²) in [6.45, 7) is 3.35. The van der Waals surface area contributed by atoms with Crippen LogP contribution in [0.1, 0.15) is 37.4 Å². The first-order valence-electron chi connectivity index (χ1n) is 11.3. The first-order chi connectivity index (χ1) is 15.4. The van der Waals surface area contributed by atoms with E-state index in [2.05, 4.69) is 87.2 Å². The Balaban J connectivity index is 1.32. The summed E-state index contributed by atoms with van der Waals surface area (Å²) in [4.78, 5) is 4.93. The lowest BCUT2D eigenvalue weighted by atomic mass is 9.95. The van der Waals surface area contributed by atoms with Gasteiger partial charge in [0.05, 0.1) is 11.2 Å². The van der Waals surface area contributed by atoms with E-state index in [-0.39, 0.29) is 6.17 Å². The molecule has 1 unspecified atom stereocenters. The summed E-state index contributed by atoms with van der Waals surface area (Å²) in [7, 11) is 0. The molecule has 7 heteroatoms. The summed E-state index contributed by atoms with van der Waals surface area (Å²) in [6, 6.07) is 19.1. The number of anilines is 1. The molecule has 31 heavy (non-hydrogen) atoms. The Hall–Kier alpha value is -2.55. The summed E-state index contributed by atoms with van der Waals surface area (Å²) in [5.41, 5.74) is 17.4. The molecule has 1 aromatic heterocycles. The number of nitrogens with one attached hydrogen (secondary N) is 6. The molecule has 0 spiro atoms. The SMILES string of the molecule is c1ccc2c(NCCCC3CCCNC3)cc(-c3ccc(C4NNNN4)cc3)nc2c1. The molecular weight excluding hydrogens is 386 g/mol. The van der Waals surface area contributed by atoms with Gasteiger partial charge in [-0.15, -0.1) is 0 Å². The van der Waals surface area contributed by atoms with E-state index in [9.17, 15) is 0 Å². The first kappa shape index (κ1) is 20.4.